The van der Waals surface area contributed by atoms with Gasteiger partial charge in [-0.1, -0.05) is 13.5 Å². The second-order valence-corrected chi connectivity index (χ2v) is 6.78. The van der Waals surface area contributed by atoms with Crippen LogP contribution < -0.4 is 10.2 Å². The van der Waals surface area contributed by atoms with Crippen molar-refractivity contribution in [2.75, 3.05) is 19.7 Å². The number of hydrogen-bond acceptors (Lipinski definition) is 4. The fourth-order valence-electron chi connectivity index (χ4n) is 3.33. The summed E-state index contributed by atoms with van der Waals surface area (Å²) in [5.74, 6) is 0.581. The summed E-state index contributed by atoms with van der Waals surface area (Å²) in [5, 5.41) is 4.13. The average molecular weight is 357 g/mol. The van der Waals surface area contributed by atoms with Gasteiger partial charge in [0.2, 0.25) is 0 Å². The highest BCUT2D eigenvalue weighted by Crippen LogP contribution is 2.20. The van der Waals surface area contributed by atoms with Gasteiger partial charge in [0.15, 0.2) is 0 Å². The van der Waals surface area contributed by atoms with Gasteiger partial charge >= 0.3 is 0 Å². The Kier molecular flexibility index (Phi) is 7.85. The lowest BCUT2D eigenvalue weighted by atomic mass is 10.0. The molecule has 1 N–H and O–H groups in total. The van der Waals surface area contributed by atoms with Crippen LogP contribution in [-0.2, 0) is 11.2 Å². The van der Waals surface area contributed by atoms with E-state index in [1.165, 1.54) is 25.5 Å². The number of nitrogens with one attached hydrogen (secondary N) is 1. The first kappa shape index (κ1) is 20.2. The summed E-state index contributed by atoms with van der Waals surface area (Å²) < 4.78 is 5.94. The van der Waals surface area contributed by atoms with E-state index in [2.05, 4.69) is 41.9 Å². The lowest BCUT2D eigenvalue weighted by Crippen LogP contribution is -2.28. The quantitative estimate of drug-likeness (QED) is 0.318. The minimum absolute atomic E-state index is 0.310. The topological polar surface area (TPSA) is 53.9 Å². The lowest BCUT2D eigenvalue weighted by molar-refractivity contribution is -0.116. The minimum Gasteiger partial charge on any atom is -0.494 e. The molecule has 0 bridgehead atoms. The molecule has 0 aliphatic carbocycles. The molecule has 1 aromatic rings. The molecule has 0 aromatic heterocycles. The van der Waals surface area contributed by atoms with E-state index in [1.54, 1.807) is 0 Å². The molecule has 1 aliphatic heterocycles. The van der Waals surface area contributed by atoms with Crippen molar-refractivity contribution in [3.63, 3.8) is 0 Å². The standard InChI is InChI=1S/C21H31N3O2/c1-5-18-15-19(26-14-8-13-24-12-7-9-16(24)3)10-11-20(18)17(4)22-23-21(25)6-2/h6,10-11,15-16H,2,5,7-9,12-14H2,1,3-4H3,(H,23,25)/b22-17+/t16-/m1/s1. The number of carbonyl (C=O) groups is 1. The van der Waals surface area contributed by atoms with Gasteiger partial charge in [-0.15, -0.1) is 0 Å². The maximum atomic E-state index is 11.3. The molecule has 142 valence electrons. The third-order valence-corrected chi connectivity index (χ3v) is 4.92. The normalized spacial score (nSPS) is 18.0. The highest BCUT2D eigenvalue weighted by atomic mass is 16.5. The number of ether oxygens (including phenoxy) is 1. The van der Waals surface area contributed by atoms with Crippen LogP contribution in [0.3, 0.4) is 0 Å². The van der Waals surface area contributed by atoms with Crippen LogP contribution in [0.2, 0.25) is 0 Å². The van der Waals surface area contributed by atoms with Gasteiger partial charge in [0.25, 0.3) is 5.91 Å². The minimum atomic E-state index is -0.310. The largest absolute Gasteiger partial charge is 0.494 e. The van der Waals surface area contributed by atoms with Crippen LogP contribution in [0.5, 0.6) is 5.75 Å². The maximum Gasteiger partial charge on any atom is 0.263 e. The van der Waals surface area contributed by atoms with Gasteiger partial charge in [0, 0.05) is 18.2 Å². The first-order valence-corrected chi connectivity index (χ1v) is 9.52. The van der Waals surface area contributed by atoms with Gasteiger partial charge in [-0.05, 0) is 75.9 Å². The van der Waals surface area contributed by atoms with Crippen LogP contribution in [0, 0.1) is 0 Å². The fraction of sp³-hybridized carbons (Fsp3) is 0.524. The van der Waals surface area contributed by atoms with Crippen LogP contribution in [0.1, 0.15) is 51.2 Å². The Labute approximate surface area is 157 Å². The fourth-order valence-corrected chi connectivity index (χ4v) is 3.33. The second kappa shape index (κ2) is 10.1. The van der Waals surface area contributed by atoms with Crippen molar-refractivity contribution < 1.29 is 9.53 Å². The highest BCUT2D eigenvalue weighted by molar-refractivity contribution is 6.01. The number of rotatable bonds is 9. The van der Waals surface area contributed by atoms with E-state index in [-0.39, 0.29) is 5.91 Å². The van der Waals surface area contributed by atoms with Crippen molar-refractivity contribution in [3.8, 4) is 5.75 Å². The van der Waals surface area contributed by atoms with Crippen LogP contribution in [-0.4, -0.2) is 42.3 Å². The zero-order valence-electron chi connectivity index (χ0n) is 16.3. The van der Waals surface area contributed by atoms with E-state index in [0.29, 0.717) is 6.04 Å². The van der Waals surface area contributed by atoms with E-state index in [0.717, 1.165) is 48.6 Å². The third kappa shape index (κ3) is 5.70. The summed E-state index contributed by atoms with van der Waals surface area (Å²) in [6.07, 6.45) is 5.76. The van der Waals surface area contributed by atoms with Crippen molar-refractivity contribution in [2.24, 2.45) is 5.10 Å². The lowest BCUT2D eigenvalue weighted by Gasteiger charge is -2.20. The molecule has 0 radical (unpaired) electrons. The summed E-state index contributed by atoms with van der Waals surface area (Å²) in [5.41, 5.74) is 5.41. The van der Waals surface area contributed by atoms with Crippen LogP contribution in [0.15, 0.2) is 36.0 Å². The molecule has 1 aliphatic rings. The molecule has 1 amide bonds. The number of carbonyl (C=O) groups excluding carboxylic acids is 1. The van der Waals surface area contributed by atoms with Crippen molar-refractivity contribution in [1.82, 2.24) is 10.3 Å². The predicted molar refractivity (Wildman–Crippen MR) is 107 cm³/mol. The van der Waals surface area contributed by atoms with Gasteiger partial charge in [-0.2, -0.15) is 5.10 Å². The van der Waals surface area contributed by atoms with Crippen LogP contribution >= 0.6 is 0 Å². The Morgan fingerprint density at radius 1 is 1.50 bits per heavy atom. The van der Waals surface area contributed by atoms with Gasteiger partial charge in [0.05, 0.1) is 12.3 Å². The first-order valence-electron chi connectivity index (χ1n) is 9.52. The molecule has 1 saturated heterocycles. The van der Waals surface area contributed by atoms with Crippen molar-refractivity contribution >= 4 is 11.6 Å². The SMILES string of the molecule is C=CC(=O)N/N=C(\C)c1ccc(OCCCN2CCC[C@H]2C)cc1CC. The molecule has 1 atom stereocenters. The zero-order valence-corrected chi connectivity index (χ0v) is 16.3. The monoisotopic (exact) mass is 357 g/mol. The Bertz CT molecular complexity index is 655. The highest BCUT2D eigenvalue weighted by Gasteiger charge is 2.19. The van der Waals surface area contributed by atoms with Crippen LogP contribution in [0.25, 0.3) is 0 Å². The van der Waals surface area contributed by atoms with E-state index in [1.807, 2.05) is 19.1 Å². The molecular weight excluding hydrogens is 326 g/mol. The van der Waals surface area contributed by atoms with Gasteiger partial charge in [-0.3, -0.25) is 4.79 Å². The van der Waals surface area contributed by atoms with Crippen molar-refractivity contribution in [2.45, 2.75) is 52.5 Å². The summed E-state index contributed by atoms with van der Waals surface area (Å²) in [4.78, 5) is 13.8. The molecule has 2 rings (SSSR count). The molecule has 1 fully saturated rings. The first-order chi connectivity index (χ1) is 12.5. The Balaban J connectivity index is 1.90. The number of hydrogen-bond donors (Lipinski definition) is 1. The van der Waals surface area contributed by atoms with Gasteiger partial charge in [0.1, 0.15) is 5.75 Å². The summed E-state index contributed by atoms with van der Waals surface area (Å²) in [6.45, 7) is 12.8. The maximum absolute atomic E-state index is 11.3. The van der Waals surface area contributed by atoms with Gasteiger partial charge < -0.3 is 9.64 Å². The second-order valence-electron chi connectivity index (χ2n) is 6.78. The molecule has 26 heavy (non-hydrogen) atoms. The van der Waals surface area contributed by atoms with Crippen molar-refractivity contribution in [1.29, 1.82) is 0 Å². The molecule has 5 nitrogen and oxygen atoms in total. The number of aryl methyl sites for hydroxylation is 1. The Hall–Kier alpha value is -2.14. The number of hydrazone groups is 1. The molecular formula is C21H31N3O2. The zero-order chi connectivity index (χ0) is 18.9. The van der Waals surface area contributed by atoms with E-state index < -0.39 is 0 Å². The number of nitrogens with zero attached hydrogens (tertiary/aromatic N) is 2. The Morgan fingerprint density at radius 2 is 2.31 bits per heavy atom. The number of benzene rings is 1. The summed E-state index contributed by atoms with van der Waals surface area (Å²) in [7, 11) is 0. The smallest absolute Gasteiger partial charge is 0.263 e. The molecule has 1 aromatic carbocycles. The van der Waals surface area contributed by atoms with Gasteiger partial charge in [-0.25, -0.2) is 5.43 Å². The molecule has 0 spiro atoms. The van der Waals surface area contributed by atoms with E-state index in [4.69, 9.17) is 4.74 Å². The molecule has 5 heteroatoms. The Morgan fingerprint density at radius 3 is 2.96 bits per heavy atom. The predicted octanol–water partition coefficient (Wildman–Crippen LogP) is 3.53. The third-order valence-electron chi connectivity index (χ3n) is 4.92. The molecule has 0 saturated carbocycles. The number of likely N-dealkylation sites (tertiary alicyclic amines) is 1. The van der Waals surface area contributed by atoms with E-state index in [9.17, 15) is 4.79 Å². The average Bonchev–Trinajstić information content (AvgIpc) is 3.07. The van der Waals surface area contributed by atoms with Crippen molar-refractivity contribution in [3.05, 3.63) is 42.0 Å². The molecule has 0 unspecified atom stereocenters. The van der Waals surface area contributed by atoms with Crippen LogP contribution in [0.4, 0.5) is 0 Å². The summed E-state index contributed by atoms with van der Waals surface area (Å²) >= 11 is 0. The molecule has 1 heterocycles. The summed E-state index contributed by atoms with van der Waals surface area (Å²) in [6, 6.07) is 6.77. The van der Waals surface area contributed by atoms with E-state index >= 15 is 0 Å². The number of amides is 1.